The number of rotatable bonds is 8. The molecular formula is C51H50N4O6. The number of hydrogen-bond donors (Lipinski definition) is 2. The van der Waals surface area contributed by atoms with E-state index in [2.05, 4.69) is 70.1 Å². The lowest BCUT2D eigenvalue weighted by Crippen LogP contribution is -2.73. The first kappa shape index (κ1) is 37.0. The summed E-state index contributed by atoms with van der Waals surface area (Å²) in [4.78, 5) is 33.2. The molecule has 5 aromatic carbocycles. The van der Waals surface area contributed by atoms with Gasteiger partial charge < -0.3 is 39.4 Å². The summed E-state index contributed by atoms with van der Waals surface area (Å²) in [5, 5.41) is 7.80. The fraction of sp³-hybridized carbons (Fsp3) is 0.373. The lowest BCUT2D eigenvalue weighted by Gasteiger charge is -2.60. The van der Waals surface area contributed by atoms with Crippen LogP contribution in [0.15, 0.2) is 97.1 Å². The average molecular weight is 815 g/mol. The highest BCUT2D eigenvalue weighted by Crippen LogP contribution is 2.65. The van der Waals surface area contributed by atoms with Gasteiger partial charge in [-0.3, -0.25) is 9.59 Å². The predicted molar refractivity (Wildman–Crippen MR) is 232 cm³/mol. The molecule has 12 rings (SSSR count). The summed E-state index contributed by atoms with van der Waals surface area (Å²) in [5.41, 5.74) is 9.22. The second-order valence-corrected chi connectivity index (χ2v) is 18.3. The van der Waals surface area contributed by atoms with E-state index in [9.17, 15) is 9.59 Å². The Kier molecular flexibility index (Phi) is 8.23. The van der Waals surface area contributed by atoms with Gasteiger partial charge in [0, 0.05) is 46.5 Å². The number of methoxy groups -OCH3 is 2. The zero-order valence-electron chi connectivity index (χ0n) is 34.7. The van der Waals surface area contributed by atoms with Crippen LogP contribution in [0.4, 0.5) is 11.4 Å². The highest BCUT2D eigenvalue weighted by atomic mass is 16.5. The molecule has 310 valence electrons. The van der Waals surface area contributed by atoms with Gasteiger partial charge in [0.1, 0.15) is 13.2 Å². The van der Waals surface area contributed by atoms with Gasteiger partial charge >= 0.3 is 0 Å². The van der Waals surface area contributed by atoms with Gasteiger partial charge in [-0.05, 0) is 121 Å². The van der Waals surface area contributed by atoms with Crippen LogP contribution in [0.3, 0.4) is 0 Å². The smallest absolute Gasteiger partial charge is 0.259 e. The number of nitrogens with zero attached hydrogens (tertiary/aromatic N) is 2. The monoisotopic (exact) mass is 814 g/mol. The quantitative estimate of drug-likeness (QED) is 0.163. The Bertz CT molecular complexity index is 2660. The molecule has 10 heteroatoms. The van der Waals surface area contributed by atoms with Crippen LogP contribution >= 0.6 is 0 Å². The third-order valence-corrected chi connectivity index (χ3v) is 15.6. The number of para-hydroxylation sites is 2. The molecule has 0 aromatic heterocycles. The number of ether oxygens (including phenoxy) is 4. The summed E-state index contributed by atoms with van der Waals surface area (Å²) < 4.78 is 25.0. The minimum Gasteiger partial charge on any atom is -0.493 e. The maximum atomic E-state index is 14.6. The molecule has 7 aliphatic rings. The predicted octanol–water partition coefficient (Wildman–Crippen LogP) is 7.97. The average Bonchev–Trinajstić information content (AvgIpc) is 3.91. The highest BCUT2D eigenvalue weighted by molar-refractivity contribution is 6.11. The standard InChI is InChI=1S/C51H50N4O6/c1-58-42-23-36-38(50(17-9-18-50)52-27-35-21-33-12-3-5-14-40(33)54(35)47(36)56)25-44(42)60-28-31-10-7-11-32(20-31)29-61-45-26-39-37(24-43(45)59-2)48(57)55-41-15-6-4-13-34(41)22-46(55)49-16-8-19-51(39,49)53-30-49/h3-7,10-15,20,23-26,35,46,52-53H,8-9,16-19,21-22,27-30H2,1-2H3/t35-,46-,49?,51?/m0/s1. The largest absolute Gasteiger partial charge is 0.493 e. The van der Waals surface area contributed by atoms with Gasteiger partial charge in [0.25, 0.3) is 11.8 Å². The third kappa shape index (κ3) is 5.21. The van der Waals surface area contributed by atoms with E-state index in [1.807, 2.05) is 47.4 Å². The molecular weight excluding hydrogens is 765 g/mol. The van der Waals surface area contributed by atoms with Crippen molar-refractivity contribution < 1.29 is 28.5 Å². The van der Waals surface area contributed by atoms with Crippen molar-refractivity contribution in [2.75, 3.05) is 37.1 Å². The molecule has 61 heavy (non-hydrogen) atoms. The summed E-state index contributed by atoms with van der Waals surface area (Å²) in [5.74, 6) is 2.38. The third-order valence-electron chi connectivity index (χ3n) is 15.6. The van der Waals surface area contributed by atoms with Crippen molar-refractivity contribution in [1.29, 1.82) is 0 Å². The number of amides is 2. The van der Waals surface area contributed by atoms with Crippen molar-refractivity contribution in [3.05, 3.63) is 142 Å². The zero-order chi connectivity index (χ0) is 41.1. The Morgan fingerprint density at radius 3 is 1.87 bits per heavy atom. The number of anilines is 2. The second kappa shape index (κ2) is 13.6. The highest BCUT2D eigenvalue weighted by Gasteiger charge is 2.70. The lowest BCUT2D eigenvalue weighted by molar-refractivity contribution is -0.0118. The van der Waals surface area contributed by atoms with Gasteiger partial charge in [-0.2, -0.15) is 0 Å². The Balaban J connectivity index is 0.813. The number of nitrogens with one attached hydrogen (secondary N) is 2. The van der Waals surface area contributed by atoms with Crippen molar-refractivity contribution in [2.24, 2.45) is 5.41 Å². The van der Waals surface area contributed by atoms with Crippen LogP contribution in [0.25, 0.3) is 0 Å². The maximum absolute atomic E-state index is 14.6. The summed E-state index contributed by atoms with van der Waals surface area (Å²) >= 11 is 0. The van der Waals surface area contributed by atoms with Crippen LogP contribution in [0.5, 0.6) is 23.0 Å². The van der Waals surface area contributed by atoms with Crippen molar-refractivity contribution in [2.45, 2.75) is 87.7 Å². The van der Waals surface area contributed by atoms with E-state index in [4.69, 9.17) is 18.9 Å². The van der Waals surface area contributed by atoms with Gasteiger partial charge in [-0.1, -0.05) is 61.0 Å². The molecule has 2 amide bonds. The Morgan fingerprint density at radius 1 is 0.623 bits per heavy atom. The number of benzene rings is 5. The minimum absolute atomic E-state index is 0.0188. The van der Waals surface area contributed by atoms with E-state index < -0.39 is 0 Å². The van der Waals surface area contributed by atoms with Crippen molar-refractivity contribution >= 4 is 23.2 Å². The van der Waals surface area contributed by atoms with Crippen molar-refractivity contribution in [1.82, 2.24) is 10.6 Å². The molecule has 5 aromatic rings. The van der Waals surface area contributed by atoms with Gasteiger partial charge in [0.2, 0.25) is 0 Å². The van der Waals surface area contributed by atoms with Crippen LogP contribution in [-0.4, -0.2) is 51.2 Å². The first-order chi connectivity index (χ1) is 29.8. The van der Waals surface area contributed by atoms with Crippen molar-refractivity contribution in [3.8, 4) is 23.0 Å². The Labute approximate surface area is 356 Å². The molecule has 4 atom stereocenters. The molecule has 3 fully saturated rings. The molecule has 2 saturated carbocycles. The van der Waals surface area contributed by atoms with E-state index in [1.165, 1.54) is 11.1 Å². The maximum Gasteiger partial charge on any atom is 0.259 e. The van der Waals surface area contributed by atoms with Gasteiger partial charge in [-0.25, -0.2) is 0 Å². The summed E-state index contributed by atoms with van der Waals surface area (Å²) in [6.45, 7) is 2.25. The number of hydrogen-bond acceptors (Lipinski definition) is 8. The molecule has 1 spiro atoms. The topological polar surface area (TPSA) is 102 Å². The Hall–Kier alpha value is -5.84. The second-order valence-electron chi connectivity index (χ2n) is 18.3. The van der Waals surface area contributed by atoms with Gasteiger partial charge in [-0.15, -0.1) is 0 Å². The van der Waals surface area contributed by atoms with Gasteiger partial charge in [0.15, 0.2) is 23.0 Å². The van der Waals surface area contributed by atoms with E-state index in [0.29, 0.717) is 47.3 Å². The molecule has 2 N–H and O–H groups in total. The first-order valence-corrected chi connectivity index (χ1v) is 22.0. The van der Waals surface area contributed by atoms with E-state index in [0.717, 1.165) is 98.1 Å². The molecule has 0 bridgehead atoms. The summed E-state index contributed by atoms with van der Waals surface area (Å²) in [6.07, 6.45) is 7.95. The normalized spacial score (nSPS) is 25.8. The van der Waals surface area contributed by atoms with Crippen molar-refractivity contribution in [3.63, 3.8) is 0 Å². The molecule has 5 heterocycles. The first-order valence-electron chi connectivity index (χ1n) is 22.0. The minimum atomic E-state index is -0.291. The fourth-order valence-corrected chi connectivity index (χ4v) is 12.4. The fourth-order valence-electron chi connectivity index (χ4n) is 12.4. The Morgan fingerprint density at radius 2 is 1.23 bits per heavy atom. The van der Waals surface area contributed by atoms with Crippen LogP contribution in [-0.2, 0) is 37.1 Å². The van der Waals surface area contributed by atoms with Crippen LogP contribution in [0, 0.1) is 5.41 Å². The number of carbonyl (C=O) groups excluding carboxylic acids is 2. The van der Waals surface area contributed by atoms with Crippen LogP contribution < -0.4 is 39.4 Å². The van der Waals surface area contributed by atoms with Gasteiger partial charge in [0.05, 0.1) is 31.8 Å². The van der Waals surface area contributed by atoms with E-state index in [-0.39, 0.29) is 40.4 Å². The zero-order valence-corrected chi connectivity index (χ0v) is 34.7. The summed E-state index contributed by atoms with van der Waals surface area (Å²) in [7, 11) is 3.27. The van der Waals surface area contributed by atoms with Crippen LogP contribution in [0.2, 0.25) is 0 Å². The SMILES string of the molecule is COc1cc2c(cc1OCc1cccc(COc3cc4c(cc3OC)C(=O)N3c5ccccc5C[C@H]3C35CCCC43NC5)c1)C1(CCC1)NC[C@@H]1Cc3ccccc3N1C2=O. The van der Waals surface area contributed by atoms with E-state index in [1.54, 1.807) is 14.2 Å². The molecule has 10 nitrogen and oxygen atoms in total. The molecule has 2 unspecified atom stereocenters. The number of fused-ring (bicyclic) bond motifs is 9. The molecule has 5 aliphatic heterocycles. The summed E-state index contributed by atoms with van der Waals surface area (Å²) in [6, 6.07) is 33.0. The van der Waals surface area contributed by atoms with Crippen LogP contribution in [0.1, 0.15) is 92.6 Å². The lowest BCUT2D eigenvalue weighted by atomic mass is 9.57. The molecule has 0 radical (unpaired) electrons. The number of carbonyl (C=O) groups is 2. The molecule has 2 aliphatic carbocycles. The molecule has 1 saturated heterocycles. The van der Waals surface area contributed by atoms with E-state index >= 15 is 0 Å².